The van der Waals surface area contributed by atoms with Gasteiger partial charge in [0.15, 0.2) is 0 Å². The van der Waals surface area contributed by atoms with Crippen molar-refractivity contribution in [2.75, 3.05) is 6.54 Å². The molecule has 0 amide bonds. The summed E-state index contributed by atoms with van der Waals surface area (Å²) in [5.74, 6) is 1.71. The number of hydrogen-bond donors (Lipinski definition) is 1. The molecule has 0 aromatic heterocycles. The number of aryl methyl sites for hydroxylation is 1. The van der Waals surface area contributed by atoms with Gasteiger partial charge in [-0.15, -0.1) is 0 Å². The molecule has 1 heteroatoms. The van der Waals surface area contributed by atoms with Crippen LogP contribution in [0.5, 0.6) is 0 Å². The third kappa shape index (κ3) is 5.47. The Morgan fingerprint density at radius 3 is 2.10 bits per heavy atom. The van der Waals surface area contributed by atoms with E-state index in [0.29, 0.717) is 0 Å². The van der Waals surface area contributed by atoms with Crippen LogP contribution in [0.2, 0.25) is 0 Å². The standard InChI is InChI=1S/C20H33N/c1-5-16-10-12-17(13-11-16)14-18-8-6-7-9-19(18)15-21-20(2,3)4/h10-13,18-19,21H,5-9,14-15H2,1-4H3. The number of benzene rings is 1. The van der Waals surface area contributed by atoms with Gasteiger partial charge < -0.3 is 5.32 Å². The van der Waals surface area contributed by atoms with E-state index in [9.17, 15) is 0 Å². The molecule has 0 radical (unpaired) electrons. The SMILES string of the molecule is CCc1ccc(CC2CCCCC2CNC(C)(C)C)cc1. The quantitative estimate of drug-likeness (QED) is 0.805. The molecule has 1 N–H and O–H groups in total. The highest BCUT2D eigenvalue weighted by Crippen LogP contribution is 2.32. The van der Waals surface area contributed by atoms with Crippen LogP contribution in [0.3, 0.4) is 0 Å². The van der Waals surface area contributed by atoms with Gasteiger partial charge in [-0.05, 0) is 76.0 Å². The summed E-state index contributed by atoms with van der Waals surface area (Å²) in [5.41, 5.74) is 3.22. The average molecular weight is 287 g/mol. The van der Waals surface area contributed by atoms with Crippen molar-refractivity contribution >= 4 is 0 Å². The maximum atomic E-state index is 3.73. The zero-order valence-electron chi connectivity index (χ0n) is 14.4. The maximum absolute atomic E-state index is 3.73. The number of hydrogen-bond acceptors (Lipinski definition) is 1. The van der Waals surface area contributed by atoms with E-state index < -0.39 is 0 Å². The van der Waals surface area contributed by atoms with Crippen LogP contribution in [0.1, 0.15) is 64.5 Å². The Morgan fingerprint density at radius 1 is 0.952 bits per heavy atom. The Bertz CT molecular complexity index is 412. The van der Waals surface area contributed by atoms with E-state index in [1.807, 2.05) is 0 Å². The molecule has 1 aromatic rings. The Balaban J connectivity index is 1.94. The molecule has 118 valence electrons. The van der Waals surface area contributed by atoms with Crippen LogP contribution in [0.15, 0.2) is 24.3 Å². The van der Waals surface area contributed by atoms with Crippen LogP contribution in [-0.2, 0) is 12.8 Å². The molecule has 1 aromatic carbocycles. The van der Waals surface area contributed by atoms with Crippen molar-refractivity contribution in [1.82, 2.24) is 5.32 Å². The van der Waals surface area contributed by atoms with Crippen molar-refractivity contribution in [2.24, 2.45) is 11.8 Å². The average Bonchev–Trinajstić information content (AvgIpc) is 2.46. The summed E-state index contributed by atoms with van der Waals surface area (Å²) in [6, 6.07) is 9.31. The molecule has 1 aliphatic rings. The van der Waals surface area contributed by atoms with E-state index in [1.54, 1.807) is 0 Å². The fraction of sp³-hybridized carbons (Fsp3) is 0.700. The van der Waals surface area contributed by atoms with Crippen LogP contribution in [0, 0.1) is 11.8 Å². The van der Waals surface area contributed by atoms with Gasteiger partial charge in [-0.3, -0.25) is 0 Å². The first-order valence-corrected chi connectivity index (χ1v) is 8.81. The van der Waals surface area contributed by atoms with E-state index in [-0.39, 0.29) is 5.54 Å². The largest absolute Gasteiger partial charge is 0.312 e. The molecule has 21 heavy (non-hydrogen) atoms. The highest BCUT2D eigenvalue weighted by molar-refractivity contribution is 5.23. The smallest absolute Gasteiger partial charge is 0.00966 e. The second kappa shape index (κ2) is 7.45. The summed E-state index contributed by atoms with van der Waals surface area (Å²) < 4.78 is 0. The van der Waals surface area contributed by atoms with Gasteiger partial charge in [0.25, 0.3) is 0 Å². The van der Waals surface area contributed by atoms with E-state index in [1.165, 1.54) is 49.8 Å². The van der Waals surface area contributed by atoms with Crippen LogP contribution in [0.4, 0.5) is 0 Å². The minimum Gasteiger partial charge on any atom is -0.312 e. The van der Waals surface area contributed by atoms with Gasteiger partial charge in [0.2, 0.25) is 0 Å². The molecule has 1 aliphatic carbocycles. The lowest BCUT2D eigenvalue weighted by molar-refractivity contribution is 0.213. The summed E-state index contributed by atoms with van der Waals surface area (Å²) in [6.07, 6.45) is 8.06. The van der Waals surface area contributed by atoms with E-state index in [4.69, 9.17) is 0 Å². The molecule has 0 spiro atoms. The Hall–Kier alpha value is -0.820. The molecule has 2 unspecified atom stereocenters. The Labute approximate surface area is 131 Å². The van der Waals surface area contributed by atoms with E-state index in [2.05, 4.69) is 57.3 Å². The van der Waals surface area contributed by atoms with Gasteiger partial charge in [-0.1, -0.05) is 44.0 Å². The molecular weight excluding hydrogens is 254 g/mol. The lowest BCUT2D eigenvalue weighted by Gasteiger charge is -2.34. The van der Waals surface area contributed by atoms with Crippen LogP contribution in [0.25, 0.3) is 0 Å². The summed E-state index contributed by atoms with van der Waals surface area (Å²) in [6.45, 7) is 10.2. The molecule has 0 bridgehead atoms. The van der Waals surface area contributed by atoms with Gasteiger partial charge in [-0.2, -0.15) is 0 Å². The topological polar surface area (TPSA) is 12.0 Å². The first kappa shape index (κ1) is 16.5. The molecule has 0 saturated heterocycles. The summed E-state index contributed by atoms with van der Waals surface area (Å²) in [5, 5.41) is 3.73. The second-order valence-electron chi connectivity index (χ2n) is 7.81. The molecule has 1 saturated carbocycles. The van der Waals surface area contributed by atoms with Crippen LogP contribution in [-0.4, -0.2) is 12.1 Å². The van der Waals surface area contributed by atoms with E-state index >= 15 is 0 Å². The Kier molecular flexibility index (Phi) is 5.87. The number of nitrogens with one attached hydrogen (secondary N) is 1. The minimum atomic E-state index is 0.241. The first-order valence-electron chi connectivity index (χ1n) is 8.81. The lowest BCUT2D eigenvalue weighted by Crippen LogP contribution is -2.41. The molecule has 1 fully saturated rings. The predicted molar refractivity (Wildman–Crippen MR) is 92.7 cm³/mol. The zero-order chi connectivity index (χ0) is 15.3. The van der Waals surface area contributed by atoms with Crippen LogP contribution < -0.4 is 5.32 Å². The minimum absolute atomic E-state index is 0.241. The molecular formula is C20H33N. The van der Waals surface area contributed by atoms with Gasteiger partial charge in [0.05, 0.1) is 0 Å². The molecule has 2 atom stereocenters. The predicted octanol–water partition coefficient (Wildman–Crippen LogP) is 4.99. The molecule has 1 nitrogen and oxygen atoms in total. The van der Waals surface area contributed by atoms with E-state index in [0.717, 1.165) is 18.3 Å². The zero-order valence-corrected chi connectivity index (χ0v) is 14.4. The van der Waals surface area contributed by atoms with Crippen molar-refractivity contribution in [3.8, 4) is 0 Å². The first-order chi connectivity index (χ1) is 9.98. The van der Waals surface area contributed by atoms with Gasteiger partial charge in [0.1, 0.15) is 0 Å². The molecule has 0 aliphatic heterocycles. The third-order valence-corrected chi connectivity index (χ3v) is 4.89. The lowest BCUT2D eigenvalue weighted by atomic mass is 9.76. The summed E-state index contributed by atoms with van der Waals surface area (Å²) in [7, 11) is 0. The van der Waals surface area contributed by atoms with Crippen molar-refractivity contribution in [2.45, 2.75) is 71.8 Å². The van der Waals surface area contributed by atoms with Gasteiger partial charge >= 0.3 is 0 Å². The highest BCUT2D eigenvalue weighted by atomic mass is 14.9. The maximum Gasteiger partial charge on any atom is 0.00966 e. The summed E-state index contributed by atoms with van der Waals surface area (Å²) in [4.78, 5) is 0. The van der Waals surface area contributed by atoms with Crippen molar-refractivity contribution < 1.29 is 0 Å². The Morgan fingerprint density at radius 2 is 1.52 bits per heavy atom. The second-order valence-corrected chi connectivity index (χ2v) is 7.81. The number of rotatable bonds is 5. The van der Waals surface area contributed by atoms with Gasteiger partial charge in [-0.25, -0.2) is 0 Å². The normalized spacial score (nSPS) is 23.2. The van der Waals surface area contributed by atoms with Gasteiger partial charge in [0, 0.05) is 5.54 Å². The van der Waals surface area contributed by atoms with Crippen molar-refractivity contribution in [1.29, 1.82) is 0 Å². The molecule has 0 heterocycles. The molecule has 2 rings (SSSR count). The fourth-order valence-corrected chi connectivity index (χ4v) is 3.47. The monoisotopic (exact) mass is 287 g/mol. The fourth-order valence-electron chi connectivity index (χ4n) is 3.47. The highest BCUT2D eigenvalue weighted by Gasteiger charge is 2.26. The van der Waals surface area contributed by atoms with Crippen LogP contribution >= 0.6 is 0 Å². The van der Waals surface area contributed by atoms with Crippen molar-refractivity contribution in [3.63, 3.8) is 0 Å². The third-order valence-electron chi connectivity index (χ3n) is 4.89. The summed E-state index contributed by atoms with van der Waals surface area (Å²) >= 11 is 0. The van der Waals surface area contributed by atoms with Crippen molar-refractivity contribution in [3.05, 3.63) is 35.4 Å².